The smallest absolute Gasteiger partial charge is 0.0953 e. The molecule has 0 aliphatic rings. The van der Waals surface area contributed by atoms with Crippen molar-refractivity contribution in [3.8, 4) is 0 Å². The van der Waals surface area contributed by atoms with Crippen LogP contribution in [0.3, 0.4) is 0 Å². The van der Waals surface area contributed by atoms with Crippen LogP contribution in [-0.4, -0.2) is 4.98 Å². The molecule has 1 rings (SSSR count). The van der Waals surface area contributed by atoms with Crippen LogP contribution in [0, 0.1) is 0 Å². The van der Waals surface area contributed by atoms with Crippen LogP contribution >= 0.6 is 11.3 Å². The molecule has 0 N–H and O–H groups in total. The Morgan fingerprint density at radius 3 is 1.93 bits per heavy atom. The minimum absolute atomic E-state index is 0.255. The van der Waals surface area contributed by atoms with Gasteiger partial charge < -0.3 is 0 Å². The first kappa shape index (κ1) is 13.6. The third kappa shape index (κ3) is 3.79. The molecule has 82 valence electrons. The molecule has 1 heterocycles. The summed E-state index contributed by atoms with van der Waals surface area (Å²) in [7, 11) is 0. The predicted molar refractivity (Wildman–Crippen MR) is 66.3 cm³/mol. The average Bonchev–Trinajstić information content (AvgIpc) is 2.54. The molecule has 0 saturated carbocycles. The van der Waals surface area contributed by atoms with Gasteiger partial charge in [0.1, 0.15) is 0 Å². The van der Waals surface area contributed by atoms with Crippen molar-refractivity contribution >= 4 is 11.3 Å². The largest absolute Gasteiger partial charge is 0.249 e. The summed E-state index contributed by atoms with van der Waals surface area (Å²) in [6.45, 7) is 15.1. The molecule has 2 heteroatoms. The summed E-state index contributed by atoms with van der Waals surface area (Å²) in [5.74, 6) is 0.561. The van der Waals surface area contributed by atoms with Gasteiger partial charge in [-0.3, -0.25) is 0 Å². The molecular weight excluding hydrogens is 190 g/mol. The lowest BCUT2D eigenvalue weighted by molar-refractivity contribution is 0.602. The number of rotatable bonds is 1. The third-order valence-corrected chi connectivity index (χ3v) is 3.48. The molecule has 0 aliphatic heterocycles. The molecule has 0 spiro atoms. The van der Waals surface area contributed by atoms with Crippen molar-refractivity contribution in [2.24, 2.45) is 0 Å². The van der Waals surface area contributed by atoms with Crippen molar-refractivity contribution in [2.45, 2.75) is 59.8 Å². The van der Waals surface area contributed by atoms with E-state index in [-0.39, 0.29) is 5.41 Å². The van der Waals surface area contributed by atoms with Crippen LogP contribution in [0.2, 0.25) is 0 Å². The second-order valence-corrected chi connectivity index (χ2v) is 5.53. The van der Waals surface area contributed by atoms with E-state index in [1.54, 1.807) is 0 Å². The molecule has 0 radical (unpaired) electrons. The van der Waals surface area contributed by atoms with Gasteiger partial charge in [0.15, 0.2) is 0 Å². The summed E-state index contributed by atoms with van der Waals surface area (Å²) in [5, 5.41) is 1.25. The van der Waals surface area contributed by atoms with E-state index in [0.717, 1.165) is 0 Å². The molecule has 0 saturated heterocycles. The molecule has 1 aromatic heterocycles. The first-order chi connectivity index (χ1) is 6.41. The van der Waals surface area contributed by atoms with Gasteiger partial charge in [0, 0.05) is 17.0 Å². The Hall–Kier alpha value is -0.370. The fourth-order valence-electron chi connectivity index (χ4n) is 0.901. The molecule has 0 aliphatic carbocycles. The Balaban J connectivity index is 0.000000791. The SMILES string of the molecule is CC.CC(C)c1ncc(C(C)(C)C)s1. The Morgan fingerprint density at radius 1 is 1.21 bits per heavy atom. The Bertz CT molecular complexity index is 256. The summed E-state index contributed by atoms with van der Waals surface area (Å²) in [6.07, 6.45) is 2.01. The Labute approximate surface area is 92.6 Å². The van der Waals surface area contributed by atoms with E-state index in [4.69, 9.17) is 0 Å². The zero-order chi connectivity index (χ0) is 11.4. The summed E-state index contributed by atoms with van der Waals surface area (Å²) in [4.78, 5) is 5.78. The standard InChI is InChI=1S/C10H17NS.C2H6/c1-7(2)9-11-6-8(12-9)10(3,4)5;1-2/h6-7H,1-5H3;1-2H3. The van der Waals surface area contributed by atoms with Crippen molar-refractivity contribution in [2.75, 3.05) is 0 Å². The van der Waals surface area contributed by atoms with Crippen LogP contribution in [0.5, 0.6) is 0 Å². The highest BCUT2D eigenvalue weighted by molar-refractivity contribution is 7.11. The van der Waals surface area contributed by atoms with Crippen molar-refractivity contribution in [1.82, 2.24) is 4.98 Å². The zero-order valence-corrected chi connectivity index (χ0v) is 11.3. The van der Waals surface area contributed by atoms with Gasteiger partial charge in [-0.25, -0.2) is 4.98 Å². The first-order valence-corrected chi connectivity index (χ1v) is 6.19. The van der Waals surface area contributed by atoms with E-state index in [9.17, 15) is 0 Å². The maximum atomic E-state index is 4.40. The Morgan fingerprint density at radius 2 is 1.71 bits per heavy atom. The second-order valence-electron chi connectivity index (χ2n) is 4.47. The lowest BCUT2D eigenvalue weighted by Gasteiger charge is -2.14. The zero-order valence-electron chi connectivity index (χ0n) is 10.5. The van der Waals surface area contributed by atoms with E-state index in [1.165, 1.54) is 9.88 Å². The van der Waals surface area contributed by atoms with Crippen molar-refractivity contribution < 1.29 is 0 Å². The molecule has 0 aromatic carbocycles. The van der Waals surface area contributed by atoms with E-state index in [1.807, 2.05) is 31.4 Å². The van der Waals surface area contributed by atoms with E-state index < -0.39 is 0 Å². The molecule has 0 unspecified atom stereocenters. The van der Waals surface area contributed by atoms with Gasteiger partial charge >= 0.3 is 0 Å². The van der Waals surface area contributed by atoms with Gasteiger partial charge in [-0.1, -0.05) is 48.5 Å². The monoisotopic (exact) mass is 213 g/mol. The molecule has 14 heavy (non-hydrogen) atoms. The quantitative estimate of drug-likeness (QED) is 0.665. The van der Waals surface area contributed by atoms with Crippen LogP contribution in [-0.2, 0) is 5.41 Å². The number of aromatic nitrogens is 1. The molecule has 0 amide bonds. The number of thiazole rings is 1. The highest BCUT2D eigenvalue weighted by Crippen LogP contribution is 2.30. The van der Waals surface area contributed by atoms with Crippen LogP contribution in [0.4, 0.5) is 0 Å². The predicted octanol–water partition coefficient (Wildman–Crippen LogP) is 4.59. The third-order valence-electron chi connectivity index (χ3n) is 1.76. The molecular formula is C12H23NS. The summed E-state index contributed by atoms with van der Waals surface area (Å²) in [6, 6.07) is 0. The van der Waals surface area contributed by atoms with Gasteiger partial charge in [-0.2, -0.15) is 0 Å². The average molecular weight is 213 g/mol. The van der Waals surface area contributed by atoms with Crippen molar-refractivity contribution in [3.05, 3.63) is 16.1 Å². The lowest BCUT2D eigenvalue weighted by atomic mass is 9.96. The highest BCUT2D eigenvalue weighted by Gasteiger charge is 2.17. The summed E-state index contributed by atoms with van der Waals surface area (Å²) in [5.41, 5.74) is 0.255. The van der Waals surface area contributed by atoms with E-state index >= 15 is 0 Å². The minimum Gasteiger partial charge on any atom is -0.249 e. The maximum absolute atomic E-state index is 4.40. The normalized spacial score (nSPS) is 11.1. The summed E-state index contributed by atoms with van der Waals surface area (Å²) >= 11 is 1.84. The van der Waals surface area contributed by atoms with Crippen molar-refractivity contribution in [3.63, 3.8) is 0 Å². The van der Waals surface area contributed by atoms with E-state index in [2.05, 4.69) is 39.6 Å². The van der Waals surface area contributed by atoms with Gasteiger partial charge in [-0.15, -0.1) is 11.3 Å². The fourth-order valence-corrected chi connectivity index (χ4v) is 1.88. The van der Waals surface area contributed by atoms with Gasteiger partial charge in [0.2, 0.25) is 0 Å². The minimum atomic E-state index is 0.255. The lowest BCUT2D eigenvalue weighted by Crippen LogP contribution is -2.07. The topological polar surface area (TPSA) is 12.9 Å². The summed E-state index contributed by atoms with van der Waals surface area (Å²) < 4.78 is 0. The first-order valence-electron chi connectivity index (χ1n) is 5.37. The van der Waals surface area contributed by atoms with Crippen LogP contribution in [0.15, 0.2) is 6.20 Å². The molecule has 0 atom stereocenters. The van der Waals surface area contributed by atoms with Gasteiger partial charge in [0.25, 0.3) is 0 Å². The number of nitrogens with zero attached hydrogens (tertiary/aromatic N) is 1. The van der Waals surface area contributed by atoms with Crippen molar-refractivity contribution in [1.29, 1.82) is 0 Å². The molecule has 0 bridgehead atoms. The second kappa shape index (κ2) is 5.50. The van der Waals surface area contributed by atoms with E-state index in [0.29, 0.717) is 5.92 Å². The number of hydrogen-bond donors (Lipinski definition) is 0. The van der Waals surface area contributed by atoms with Crippen LogP contribution < -0.4 is 0 Å². The molecule has 0 fully saturated rings. The van der Waals surface area contributed by atoms with Crippen LogP contribution in [0.1, 0.15) is 64.3 Å². The molecule has 1 aromatic rings. The van der Waals surface area contributed by atoms with Gasteiger partial charge in [-0.05, 0) is 5.41 Å². The Kier molecular flexibility index (Phi) is 5.35. The number of hydrogen-bond acceptors (Lipinski definition) is 2. The fraction of sp³-hybridized carbons (Fsp3) is 0.750. The highest BCUT2D eigenvalue weighted by atomic mass is 32.1. The maximum Gasteiger partial charge on any atom is 0.0953 e. The molecule has 1 nitrogen and oxygen atoms in total. The van der Waals surface area contributed by atoms with Crippen LogP contribution in [0.25, 0.3) is 0 Å². The van der Waals surface area contributed by atoms with Gasteiger partial charge in [0.05, 0.1) is 5.01 Å².